The maximum atomic E-state index is 12.4. The summed E-state index contributed by atoms with van der Waals surface area (Å²) in [6.45, 7) is 2.88. The van der Waals surface area contributed by atoms with Crippen LogP contribution in [0.15, 0.2) is 83.0 Å². The Bertz CT molecular complexity index is 1090. The van der Waals surface area contributed by atoms with E-state index in [9.17, 15) is 9.90 Å². The molecule has 176 valence electrons. The van der Waals surface area contributed by atoms with Crippen LogP contribution < -0.4 is 9.47 Å². The van der Waals surface area contributed by atoms with Crippen molar-refractivity contribution in [2.45, 2.75) is 39.0 Å². The lowest BCUT2D eigenvalue weighted by atomic mass is 10.2. The molecular weight excluding hydrogens is 428 g/mol. The molecule has 0 saturated heterocycles. The van der Waals surface area contributed by atoms with E-state index >= 15 is 0 Å². The zero-order valence-electron chi connectivity index (χ0n) is 19.4. The molecule has 3 aromatic rings. The van der Waals surface area contributed by atoms with Crippen LogP contribution in [0.5, 0.6) is 17.2 Å². The number of hydrogen-bond acceptors (Lipinski definition) is 6. The fourth-order valence-corrected chi connectivity index (χ4v) is 3.16. The van der Waals surface area contributed by atoms with Gasteiger partial charge >= 0.3 is 5.97 Å². The third-order valence-electron chi connectivity index (χ3n) is 5.10. The number of aromatic hydroxyl groups is 1. The lowest BCUT2D eigenvalue weighted by Gasteiger charge is -2.08. The molecule has 0 aromatic heterocycles. The Kier molecular flexibility index (Phi) is 9.87. The van der Waals surface area contributed by atoms with E-state index < -0.39 is 5.97 Å². The number of phenols is 1. The monoisotopic (exact) mass is 458 g/mol. The third kappa shape index (κ3) is 8.20. The first-order chi connectivity index (χ1) is 16.7. The summed E-state index contributed by atoms with van der Waals surface area (Å²) in [7, 11) is 0. The number of benzene rings is 3. The van der Waals surface area contributed by atoms with Crippen LogP contribution in [0.4, 0.5) is 0 Å². The summed E-state index contributed by atoms with van der Waals surface area (Å²) in [5.41, 5.74) is 1.84. The van der Waals surface area contributed by atoms with Crippen molar-refractivity contribution in [3.05, 3.63) is 89.5 Å². The molecule has 0 aliphatic heterocycles. The van der Waals surface area contributed by atoms with Crippen molar-refractivity contribution >= 4 is 18.4 Å². The van der Waals surface area contributed by atoms with E-state index in [4.69, 9.17) is 9.47 Å². The highest BCUT2D eigenvalue weighted by Crippen LogP contribution is 2.17. The maximum Gasteiger partial charge on any atom is 0.343 e. The number of para-hydroxylation sites is 1. The topological polar surface area (TPSA) is 80.5 Å². The Morgan fingerprint density at radius 1 is 0.824 bits per heavy atom. The zero-order chi connectivity index (χ0) is 24.0. The van der Waals surface area contributed by atoms with Crippen LogP contribution in [0.2, 0.25) is 0 Å². The minimum Gasteiger partial charge on any atom is -0.507 e. The summed E-state index contributed by atoms with van der Waals surface area (Å²) < 4.78 is 11.2. The highest BCUT2D eigenvalue weighted by molar-refractivity contribution is 5.91. The van der Waals surface area contributed by atoms with Gasteiger partial charge in [-0.15, -0.1) is 0 Å². The minimum atomic E-state index is -0.431. The Morgan fingerprint density at radius 3 is 2.24 bits per heavy atom. The summed E-state index contributed by atoms with van der Waals surface area (Å²) in [5.74, 6) is 0.903. The number of carbonyl (C=O) groups excluding carboxylic acids is 1. The summed E-state index contributed by atoms with van der Waals surface area (Å²) in [5, 5.41) is 17.6. The average molecular weight is 459 g/mol. The Labute approximate surface area is 200 Å². The van der Waals surface area contributed by atoms with Crippen LogP contribution in [0.3, 0.4) is 0 Å². The summed E-state index contributed by atoms with van der Waals surface area (Å²) in [4.78, 5) is 12.4. The SMILES string of the molecule is CCCCCCCOc1ccc(C(=O)Oc2ccc(/C=N/N=C/c3ccccc3O)cc2)cc1. The van der Waals surface area contributed by atoms with Crippen molar-refractivity contribution < 1.29 is 19.4 Å². The largest absolute Gasteiger partial charge is 0.507 e. The van der Waals surface area contributed by atoms with Gasteiger partial charge in [0.2, 0.25) is 0 Å². The Balaban J connectivity index is 1.45. The lowest BCUT2D eigenvalue weighted by Crippen LogP contribution is -2.08. The molecule has 0 atom stereocenters. The molecule has 3 rings (SSSR count). The fourth-order valence-electron chi connectivity index (χ4n) is 3.16. The molecule has 0 bridgehead atoms. The Morgan fingerprint density at radius 2 is 1.50 bits per heavy atom. The van der Waals surface area contributed by atoms with Gasteiger partial charge in [-0.3, -0.25) is 0 Å². The van der Waals surface area contributed by atoms with Gasteiger partial charge in [-0.25, -0.2) is 4.79 Å². The second kappa shape index (κ2) is 13.6. The molecule has 0 fully saturated rings. The molecule has 34 heavy (non-hydrogen) atoms. The van der Waals surface area contributed by atoms with Crippen LogP contribution in [0.25, 0.3) is 0 Å². The van der Waals surface area contributed by atoms with Crippen LogP contribution in [0.1, 0.15) is 60.5 Å². The molecule has 0 heterocycles. The van der Waals surface area contributed by atoms with Crippen molar-refractivity contribution in [2.24, 2.45) is 10.2 Å². The molecule has 0 unspecified atom stereocenters. The van der Waals surface area contributed by atoms with Crippen molar-refractivity contribution in [3.63, 3.8) is 0 Å². The highest BCUT2D eigenvalue weighted by Gasteiger charge is 2.09. The predicted octanol–water partition coefficient (Wildman–Crippen LogP) is 6.41. The van der Waals surface area contributed by atoms with Crippen LogP contribution in [-0.2, 0) is 0 Å². The standard InChI is InChI=1S/C28H30N2O4/c1-2-3-4-5-8-19-33-25-17-13-23(14-18-25)28(32)34-26-15-11-22(12-16-26)20-29-30-21-24-9-6-7-10-27(24)31/h6-7,9-18,20-21,31H,2-5,8,19H2,1H3/b29-20+,30-21+. The van der Waals surface area contributed by atoms with Crippen LogP contribution in [-0.4, -0.2) is 30.1 Å². The van der Waals surface area contributed by atoms with Crippen molar-refractivity contribution in [2.75, 3.05) is 6.61 Å². The predicted molar refractivity (Wildman–Crippen MR) is 135 cm³/mol. The third-order valence-corrected chi connectivity index (χ3v) is 5.10. The van der Waals surface area contributed by atoms with E-state index in [0.717, 1.165) is 17.7 Å². The number of rotatable bonds is 12. The molecule has 0 amide bonds. The first kappa shape index (κ1) is 24.7. The van der Waals surface area contributed by atoms with E-state index in [1.165, 1.54) is 31.9 Å². The van der Waals surface area contributed by atoms with Crippen LogP contribution in [0, 0.1) is 0 Å². The number of ether oxygens (including phenoxy) is 2. The van der Waals surface area contributed by atoms with E-state index in [2.05, 4.69) is 17.1 Å². The average Bonchev–Trinajstić information content (AvgIpc) is 2.86. The minimum absolute atomic E-state index is 0.146. The van der Waals surface area contributed by atoms with E-state index in [1.54, 1.807) is 72.9 Å². The number of unbranched alkanes of at least 4 members (excludes halogenated alkanes) is 4. The number of nitrogens with zero attached hydrogens (tertiary/aromatic N) is 2. The molecule has 0 aliphatic carbocycles. The second-order valence-electron chi connectivity index (χ2n) is 7.79. The smallest absolute Gasteiger partial charge is 0.343 e. The zero-order valence-corrected chi connectivity index (χ0v) is 19.4. The molecule has 6 nitrogen and oxygen atoms in total. The van der Waals surface area contributed by atoms with Gasteiger partial charge in [-0.2, -0.15) is 10.2 Å². The molecular formula is C28H30N2O4. The molecule has 0 spiro atoms. The van der Waals surface area contributed by atoms with Crippen molar-refractivity contribution in [1.29, 1.82) is 0 Å². The van der Waals surface area contributed by atoms with E-state index in [1.807, 2.05) is 6.07 Å². The normalized spacial score (nSPS) is 11.2. The van der Waals surface area contributed by atoms with Gasteiger partial charge in [0.25, 0.3) is 0 Å². The number of hydrogen-bond donors (Lipinski definition) is 1. The fraction of sp³-hybridized carbons (Fsp3) is 0.250. The van der Waals surface area contributed by atoms with Crippen LogP contribution >= 0.6 is 0 Å². The van der Waals surface area contributed by atoms with Gasteiger partial charge in [-0.1, -0.05) is 44.7 Å². The Hall–Kier alpha value is -3.93. The summed E-state index contributed by atoms with van der Waals surface area (Å²) in [6, 6.07) is 20.8. The van der Waals surface area contributed by atoms with Gasteiger partial charge in [0, 0.05) is 5.56 Å². The van der Waals surface area contributed by atoms with E-state index in [-0.39, 0.29) is 5.75 Å². The van der Waals surface area contributed by atoms with Gasteiger partial charge in [0.1, 0.15) is 17.2 Å². The second-order valence-corrected chi connectivity index (χ2v) is 7.79. The summed E-state index contributed by atoms with van der Waals surface area (Å²) >= 11 is 0. The number of phenolic OH excluding ortho intramolecular Hbond substituents is 1. The lowest BCUT2D eigenvalue weighted by molar-refractivity contribution is 0.0734. The maximum absolute atomic E-state index is 12.4. The molecule has 0 saturated carbocycles. The van der Waals surface area contributed by atoms with Crippen molar-refractivity contribution in [3.8, 4) is 17.2 Å². The first-order valence-electron chi connectivity index (χ1n) is 11.5. The first-order valence-corrected chi connectivity index (χ1v) is 11.5. The molecule has 0 aliphatic rings. The molecule has 0 radical (unpaired) electrons. The van der Waals surface area contributed by atoms with Gasteiger partial charge < -0.3 is 14.6 Å². The van der Waals surface area contributed by atoms with Gasteiger partial charge in [0.05, 0.1) is 24.6 Å². The molecule has 6 heteroatoms. The van der Waals surface area contributed by atoms with Gasteiger partial charge in [0.15, 0.2) is 0 Å². The quantitative estimate of drug-likeness (QED) is 0.112. The van der Waals surface area contributed by atoms with Gasteiger partial charge in [-0.05, 0) is 72.6 Å². The van der Waals surface area contributed by atoms with E-state index in [0.29, 0.717) is 23.5 Å². The highest BCUT2D eigenvalue weighted by atomic mass is 16.5. The van der Waals surface area contributed by atoms with Crippen molar-refractivity contribution in [1.82, 2.24) is 0 Å². The molecule has 3 aromatic carbocycles. The molecule has 1 N–H and O–H groups in total. The summed E-state index contributed by atoms with van der Waals surface area (Å²) in [6.07, 6.45) is 9.00. The number of carbonyl (C=O) groups is 1. The number of esters is 1.